The summed E-state index contributed by atoms with van der Waals surface area (Å²) in [5.74, 6) is -1.19. The van der Waals surface area contributed by atoms with E-state index in [1.807, 2.05) is 4.72 Å². The highest BCUT2D eigenvalue weighted by molar-refractivity contribution is 7.93. The molecular weight excluding hydrogens is 323 g/mol. The summed E-state index contributed by atoms with van der Waals surface area (Å²) in [4.78, 5) is -0.503. The van der Waals surface area contributed by atoms with Crippen LogP contribution in [-0.4, -0.2) is 35.3 Å². The number of benzene rings is 1. The van der Waals surface area contributed by atoms with Crippen LogP contribution < -0.4 is 9.86 Å². The predicted octanol–water partition coefficient (Wildman–Crippen LogP) is 0.640. The molecule has 21 heavy (non-hydrogen) atoms. The maximum Gasteiger partial charge on any atom is 0.240 e. The van der Waals surface area contributed by atoms with Gasteiger partial charge < -0.3 is 4.74 Å². The molecule has 1 aromatic rings. The summed E-state index contributed by atoms with van der Waals surface area (Å²) in [5.41, 5.74) is -0.429. The van der Waals surface area contributed by atoms with Gasteiger partial charge in [-0.25, -0.2) is 26.4 Å². The van der Waals surface area contributed by atoms with Gasteiger partial charge in [0, 0.05) is 0 Å². The van der Waals surface area contributed by atoms with Crippen LogP contribution in [0.2, 0.25) is 0 Å². The van der Waals surface area contributed by atoms with E-state index in [-0.39, 0.29) is 12.7 Å². The lowest BCUT2D eigenvalue weighted by atomic mass is 10.3. The van der Waals surface area contributed by atoms with Crippen LogP contribution in [-0.2, 0) is 24.8 Å². The molecule has 0 atom stereocenters. The molecule has 0 saturated carbocycles. The van der Waals surface area contributed by atoms with Crippen molar-refractivity contribution in [1.82, 2.24) is 0 Å². The van der Waals surface area contributed by atoms with Crippen molar-refractivity contribution in [2.24, 2.45) is 5.14 Å². The second-order valence-corrected chi connectivity index (χ2v) is 7.90. The molecule has 0 radical (unpaired) electrons. The number of sulfonamides is 2. The standard InChI is InChI=1S/C11H17FN2O5S2/c1-8(2)19-5-6-20(15,16)14-10-7-9(12)3-4-11(10)21(13,17)18/h3-4,7-8,14H,5-6H2,1-2H3,(H2,13,17,18). The van der Waals surface area contributed by atoms with E-state index < -0.39 is 42.2 Å². The largest absolute Gasteiger partial charge is 0.378 e. The van der Waals surface area contributed by atoms with E-state index in [2.05, 4.69) is 0 Å². The maximum absolute atomic E-state index is 13.2. The van der Waals surface area contributed by atoms with Crippen molar-refractivity contribution in [3.63, 3.8) is 0 Å². The first-order chi connectivity index (χ1) is 9.51. The fraction of sp³-hybridized carbons (Fsp3) is 0.455. The zero-order valence-corrected chi connectivity index (χ0v) is 13.2. The van der Waals surface area contributed by atoms with Crippen molar-refractivity contribution in [2.45, 2.75) is 24.8 Å². The minimum absolute atomic E-state index is 0.0764. The Morgan fingerprint density at radius 1 is 1.29 bits per heavy atom. The van der Waals surface area contributed by atoms with Crippen molar-refractivity contribution in [3.8, 4) is 0 Å². The van der Waals surface area contributed by atoms with E-state index in [0.717, 1.165) is 18.2 Å². The number of anilines is 1. The fourth-order valence-electron chi connectivity index (χ4n) is 1.44. The highest BCUT2D eigenvalue weighted by Gasteiger charge is 2.19. The number of primary sulfonamides is 1. The molecule has 0 aromatic heterocycles. The fourth-order valence-corrected chi connectivity index (χ4v) is 3.10. The topological polar surface area (TPSA) is 116 Å². The molecule has 10 heteroatoms. The Morgan fingerprint density at radius 2 is 1.90 bits per heavy atom. The Balaban J connectivity index is 2.99. The van der Waals surface area contributed by atoms with Crippen LogP contribution >= 0.6 is 0 Å². The first kappa shape index (κ1) is 17.8. The summed E-state index contributed by atoms with van der Waals surface area (Å²) >= 11 is 0. The van der Waals surface area contributed by atoms with Gasteiger partial charge in [-0.1, -0.05) is 0 Å². The number of rotatable bonds is 7. The maximum atomic E-state index is 13.2. The minimum Gasteiger partial charge on any atom is -0.378 e. The molecule has 0 fully saturated rings. The third-order valence-corrected chi connectivity index (χ3v) is 4.52. The lowest BCUT2D eigenvalue weighted by Crippen LogP contribution is -2.23. The van der Waals surface area contributed by atoms with Gasteiger partial charge in [-0.15, -0.1) is 0 Å². The summed E-state index contributed by atoms with van der Waals surface area (Å²) in [6.45, 7) is 3.41. The second kappa shape index (κ2) is 6.69. The smallest absolute Gasteiger partial charge is 0.240 e. The Hall–Kier alpha value is -1.23. The van der Waals surface area contributed by atoms with Crippen LogP contribution in [0.3, 0.4) is 0 Å². The molecule has 0 aliphatic rings. The molecule has 1 aromatic carbocycles. The van der Waals surface area contributed by atoms with E-state index in [4.69, 9.17) is 9.88 Å². The lowest BCUT2D eigenvalue weighted by Gasteiger charge is -2.12. The monoisotopic (exact) mass is 340 g/mol. The van der Waals surface area contributed by atoms with E-state index in [9.17, 15) is 21.2 Å². The molecule has 0 aliphatic carbocycles. The normalized spacial score (nSPS) is 12.6. The third-order valence-electron chi connectivity index (χ3n) is 2.32. The van der Waals surface area contributed by atoms with Gasteiger partial charge in [0.05, 0.1) is 24.2 Å². The van der Waals surface area contributed by atoms with Crippen LogP contribution in [0.4, 0.5) is 10.1 Å². The molecule has 0 spiro atoms. The number of nitrogens with one attached hydrogen (secondary N) is 1. The molecule has 0 saturated heterocycles. The number of hydrogen-bond donors (Lipinski definition) is 2. The third kappa shape index (κ3) is 5.96. The van der Waals surface area contributed by atoms with Crippen LogP contribution in [0.1, 0.15) is 13.8 Å². The summed E-state index contributed by atoms with van der Waals surface area (Å²) in [6.07, 6.45) is -0.144. The Labute approximate surface area is 123 Å². The van der Waals surface area contributed by atoms with Gasteiger partial charge in [-0.05, 0) is 32.0 Å². The van der Waals surface area contributed by atoms with E-state index in [1.54, 1.807) is 13.8 Å². The molecule has 120 valence electrons. The van der Waals surface area contributed by atoms with Crippen LogP contribution in [0.5, 0.6) is 0 Å². The number of nitrogens with two attached hydrogens (primary N) is 1. The number of hydrogen-bond acceptors (Lipinski definition) is 5. The molecule has 7 nitrogen and oxygen atoms in total. The molecule has 3 N–H and O–H groups in total. The Bertz CT molecular complexity index is 701. The molecule has 0 amide bonds. The molecule has 0 heterocycles. The Kier molecular flexibility index (Phi) is 5.68. The SMILES string of the molecule is CC(C)OCCS(=O)(=O)Nc1cc(F)ccc1S(N)(=O)=O. The van der Waals surface area contributed by atoms with Crippen LogP contribution in [0, 0.1) is 5.82 Å². The number of halogens is 1. The first-order valence-corrected chi connectivity index (χ1v) is 9.15. The zero-order chi connectivity index (χ0) is 16.3. The summed E-state index contributed by atoms with van der Waals surface area (Å²) in [5, 5.41) is 4.96. The molecule has 0 unspecified atom stereocenters. The lowest BCUT2D eigenvalue weighted by molar-refractivity contribution is 0.0913. The zero-order valence-electron chi connectivity index (χ0n) is 11.5. The predicted molar refractivity (Wildman–Crippen MR) is 76.3 cm³/mol. The van der Waals surface area contributed by atoms with Crippen LogP contribution in [0.15, 0.2) is 23.1 Å². The second-order valence-electron chi connectivity index (χ2n) is 4.53. The summed E-state index contributed by atoms with van der Waals surface area (Å²) in [7, 11) is -8.07. The van der Waals surface area contributed by atoms with Gasteiger partial charge in [0.15, 0.2) is 0 Å². The summed E-state index contributed by atoms with van der Waals surface area (Å²) < 4.78 is 66.6. The van der Waals surface area contributed by atoms with E-state index >= 15 is 0 Å². The molecule has 1 rings (SSSR count). The van der Waals surface area contributed by atoms with Gasteiger partial charge in [0.2, 0.25) is 20.0 Å². The Morgan fingerprint density at radius 3 is 2.43 bits per heavy atom. The average molecular weight is 340 g/mol. The van der Waals surface area contributed by atoms with Crippen molar-refractivity contribution in [3.05, 3.63) is 24.0 Å². The van der Waals surface area contributed by atoms with Gasteiger partial charge in [0.1, 0.15) is 10.7 Å². The molecular formula is C11H17FN2O5S2. The highest BCUT2D eigenvalue weighted by Crippen LogP contribution is 2.22. The van der Waals surface area contributed by atoms with Gasteiger partial charge in [0.25, 0.3) is 0 Å². The van der Waals surface area contributed by atoms with Crippen LogP contribution in [0.25, 0.3) is 0 Å². The van der Waals surface area contributed by atoms with E-state index in [1.165, 1.54) is 0 Å². The highest BCUT2D eigenvalue weighted by atomic mass is 32.2. The van der Waals surface area contributed by atoms with Crippen molar-refractivity contribution in [2.75, 3.05) is 17.1 Å². The number of ether oxygens (including phenoxy) is 1. The van der Waals surface area contributed by atoms with Crippen molar-refractivity contribution < 1.29 is 26.0 Å². The molecule has 0 bridgehead atoms. The van der Waals surface area contributed by atoms with E-state index in [0.29, 0.717) is 0 Å². The van der Waals surface area contributed by atoms with Gasteiger partial charge >= 0.3 is 0 Å². The minimum atomic E-state index is -4.18. The van der Waals surface area contributed by atoms with Gasteiger partial charge in [-0.3, -0.25) is 4.72 Å². The molecule has 0 aliphatic heterocycles. The first-order valence-electron chi connectivity index (χ1n) is 5.96. The van der Waals surface area contributed by atoms with Crippen molar-refractivity contribution in [1.29, 1.82) is 0 Å². The van der Waals surface area contributed by atoms with Crippen molar-refractivity contribution >= 4 is 25.7 Å². The quantitative estimate of drug-likeness (QED) is 0.756. The van der Waals surface area contributed by atoms with Gasteiger partial charge in [-0.2, -0.15) is 0 Å². The summed E-state index contributed by atoms with van der Waals surface area (Å²) in [6, 6.07) is 2.52. The average Bonchev–Trinajstić information content (AvgIpc) is 2.25.